The zero-order valence-electron chi connectivity index (χ0n) is 11.0. The molecule has 0 radical (unpaired) electrons. The topological polar surface area (TPSA) is 29.6 Å². The molecule has 1 aliphatic carbocycles. The first-order valence-corrected chi connectivity index (χ1v) is 6.25. The van der Waals surface area contributed by atoms with Gasteiger partial charge >= 0.3 is 0 Å². The van der Waals surface area contributed by atoms with Gasteiger partial charge in [-0.05, 0) is 37.1 Å². The minimum atomic E-state index is -1.82. The number of hydrogen-bond donors (Lipinski definition) is 0. The Balaban J connectivity index is 1.88. The number of ketones is 1. The maximum absolute atomic E-state index is 12.1. The van der Waals surface area contributed by atoms with Crippen molar-refractivity contribution in [3.63, 3.8) is 0 Å². The molecule has 1 aromatic carbocycles. The van der Waals surface area contributed by atoms with Gasteiger partial charge in [-0.25, -0.2) is 0 Å². The van der Waals surface area contributed by atoms with Crippen molar-refractivity contribution in [1.29, 1.82) is 0 Å². The predicted molar refractivity (Wildman–Crippen MR) is 67.5 cm³/mol. The Bertz CT molecular complexity index is 600. The number of halogens is 1. The molecule has 3 heteroatoms. The third-order valence-corrected chi connectivity index (χ3v) is 3.52. The monoisotopic (exact) mass is 292 g/mol. The van der Waals surface area contributed by atoms with Crippen molar-refractivity contribution in [2.75, 3.05) is 0 Å². The quantitative estimate of drug-likeness (QED) is 0.544. The van der Waals surface area contributed by atoms with E-state index in [1.54, 1.807) is 0 Å². The Kier molecular flexibility index (Phi) is 2.08. The van der Waals surface area contributed by atoms with Crippen LogP contribution in [0.1, 0.15) is 27.5 Å². The molecule has 2 atom stereocenters. The van der Waals surface area contributed by atoms with Crippen LogP contribution in [0.25, 0.3) is 0 Å². The van der Waals surface area contributed by atoms with Crippen molar-refractivity contribution in [3.05, 3.63) is 34.3 Å². The number of rotatable bonds is 0. The zero-order chi connectivity index (χ0) is 13.7. The van der Waals surface area contributed by atoms with Gasteiger partial charge < -0.3 is 4.74 Å². The van der Waals surface area contributed by atoms with Crippen LogP contribution in [0.3, 0.4) is 0 Å². The summed E-state index contributed by atoms with van der Waals surface area (Å²) in [5.41, 5.74) is -0.416. The third-order valence-electron chi connectivity index (χ3n) is 2.99. The van der Waals surface area contributed by atoms with Crippen LogP contribution in [-0.2, 0) is 9.53 Å². The van der Waals surface area contributed by atoms with Gasteiger partial charge in [0.1, 0.15) is 6.10 Å². The molecule has 0 bridgehead atoms. The minimum absolute atomic E-state index is 0.220. The SMILES string of the molecule is [2H]C1([2H])CCC2OC2(C#Cc2ccc(Br)cc2)C1=O. The molecule has 0 spiro atoms. The molecule has 1 heterocycles. The van der Waals surface area contributed by atoms with Gasteiger partial charge in [0.05, 0.1) is 0 Å². The number of fused-ring (bicyclic) bond motifs is 1. The average Bonchev–Trinajstić information content (AvgIpc) is 3.10. The molecular formula is C14H11BrO2. The summed E-state index contributed by atoms with van der Waals surface area (Å²) >= 11 is 3.34. The lowest BCUT2D eigenvalue weighted by molar-refractivity contribution is -0.122. The Morgan fingerprint density at radius 3 is 3.00 bits per heavy atom. The van der Waals surface area contributed by atoms with Crippen LogP contribution in [0.2, 0.25) is 0 Å². The third kappa shape index (κ3) is 1.92. The normalized spacial score (nSPS) is 34.9. The molecule has 17 heavy (non-hydrogen) atoms. The molecule has 2 aliphatic rings. The molecule has 3 rings (SSSR count). The highest BCUT2D eigenvalue weighted by molar-refractivity contribution is 9.10. The summed E-state index contributed by atoms with van der Waals surface area (Å²) in [5.74, 6) is 5.22. The van der Waals surface area contributed by atoms with Crippen molar-refractivity contribution in [2.24, 2.45) is 0 Å². The molecule has 86 valence electrons. The fourth-order valence-electron chi connectivity index (χ4n) is 1.97. The Morgan fingerprint density at radius 2 is 2.24 bits per heavy atom. The molecule has 2 unspecified atom stereocenters. The lowest BCUT2D eigenvalue weighted by Crippen LogP contribution is -2.29. The smallest absolute Gasteiger partial charge is 0.213 e. The van der Waals surface area contributed by atoms with Gasteiger partial charge in [-0.15, -0.1) is 0 Å². The first-order valence-electron chi connectivity index (χ1n) is 6.45. The van der Waals surface area contributed by atoms with Crippen LogP contribution in [0.4, 0.5) is 0 Å². The number of ether oxygens (including phenoxy) is 1. The van der Waals surface area contributed by atoms with Gasteiger partial charge in [0.2, 0.25) is 5.60 Å². The van der Waals surface area contributed by atoms with Gasteiger partial charge in [0, 0.05) is 19.2 Å². The predicted octanol–water partition coefficient (Wildman–Crippen LogP) is 2.69. The van der Waals surface area contributed by atoms with Crippen molar-refractivity contribution in [2.45, 2.75) is 30.9 Å². The van der Waals surface area contributed by atoms with Gasteiger partial charge in [-0.3, -0.25) is 4.79 Å². The summed E-state index contributed by atoms with van der Waals surface area (Å²) in [7, 11) is 0. The Morgan fingerprint density at radius 1 is 1.47 bits per heavy atom. The summed E-state index contributed by atoms with van der Waals surface area (Å²) < 4.78 is 21.7. The van der Waals surface area contributed by atoms with Gasteiger partial charge in [0.25, 0.3) is 0 Å². The van der Waals surface area contributed by atoms with E-state index >= 15 is 0 Å². The number of hydrogen-bond acceptors (Lipinski definition) is 2. The second-order valence-electron chi connectivity index (χ2n) is 4.14. The van der Waals surface area contributed by atoms with E-state index in [1.165, 1.54) is 0 Å². The largest absolute Gasteiger partial charge is 0.345 e. The van der Waals surface area contributed by atoms with E-state index < -0.39 is 17.8 Å². The number of carbonyl (C=O) groups excluding carboxylic acids is 1. The van der Waals surface area contributed by atoms with Crippen molar-refractivity contribution >= 4 is 21.7 Å². The summed E-state index contributed by atoms with van der Waals surface area (Å²) in [6, 6.07) is 7.42. The standard InChI is InChI=1S/C14H11BrO2/c15-11-6-4-10(5-7-11)8-9-14-12(16)2-1-3-13(14)17-14/h4-7,13H,1-3H2/i2D2. The van der Waals surface area contributed by atoms with Crippen molar-refractivity contribution in [1.82, 2.24) is 0 Å². The minimum Gasteiger partial charge on any atom is -0.345 e. The van der Waals surface area contributed by atoms with Crippen LogP contribution < -0.4 is 0 Å². The number of epoxide rings is 1. The molecule has 2 nitrogen and oxygen atoms in total. The van der Waals surface area contributed by atoms with E-state index in [-0.39, 0.29) is 12.5 Å². The molecule has 1 aliphatic heterocycles. The summed E-state index contributed by atoms with van der Waals surface area (Å²) in [5, 5.41) is 0. The van der Waals surface area contributed by atoms with Crippen LogP contribution >= 0.6 is 15.9 Å². The molecule has 1 saturated heterocycles. The Hall–Kier alpha value is -1.11. The van der Waals surface area contributed by atoms with Crippen LogP contribution in [0, 0.1) is 11.8 Å². The number of carbonyl (C=O) groups is 1. The molecule has 1 saturated carbocycles. The summed E-state index contributed by atoms with van der Waals surface area (Å²) in [6.07, 6.45) is -1.28. The maximum Gasteiger partial charge on any atom is 0.213 e. The molecular weight excluding hydrogens is 280 g/mol. The van der Waals surface area contributed by atoms with E-state index in [0.717, 1.165) is 10.0 Å². The Labute approximate surface area is 111 Å². The second kappa shape index (κ2) is 3.97. The molecule has 0 aromatic heterocycles. The number of benzene rings is 1. The lowest BCUT2D eigenvalue weighted by atomic mass is 9.88. The van der Waals surface area contributed by atoms with Crippen LogP contribution in [0.15, 0.2) is 28.7 Å². The van der Waals surface area contributed by atoms with Gasteiger partial charge in [-0.2, -0.15) is 0 Å². The average molecular weight is 293 g/mol. The highest BCUT2D eigenvalue weighted by Crippen LogP contribution is 2.44. The summed E-state index contributed by atoms with van der Waals surface area (Å²) in [4.78, 5) is 12.1. The van der Waals surface area contributed by atoms with Crippen LogP contribution in [0.5, 0.6) is 0 Å². The highest BCUT2D eigenvalue weighted by atomic mass is 79.9. The van der Waals surface area contributed by atoms with Gasteiger partial charge in [0.15, 0.2) is 5.78 Å². The van der Waals surface area contributed by atoms with Crippen molar-refractivity contribution in [3.8, 4) is 11.8 Å². The van der Waals surface area contributed by atoms with E-state index in [0.29, 0.717) is 6.42 Å². The number of Topliss-reactive ketones (excluding diaryl/α,β-unsaturated/α-hetero) is 1. The molecule has 0 amide bonds. The zero-order valence-corrected chi connectivity index (χ0v) is 10.6. The first kappa shape index (κ1) is 8.91. The van der Waals surface area contributed by atoms with E-state index in [2.05, 4.69) is 27.8 Å². The van der Waals surface area contributed by atoms with Gasteiger partial charge in [-0.1, -0.05) is 27.8 Å². The van der Waals surface area contributed by atoms with E-state index in [4.69, 9.17) is 7.48 Å². The summed E-state index contributed by atoms with van der Waals surface area (Å²) in [6.45, 7) is 0. The fourth-order valence-corrected chi connectivity index (χ4v) is 2.23. The van der Waals surface area contributed by atoms with E-state index in [9.17, 15) is 4.79 Å². The lowest BCUT2D eigenvalue weighted by Gasteiger charge is -2.09. The second-order valence-corrected chi connectivity index (χ2v) is 5.06. The first-order chi connectivity index (χ1) is 8.94. The molecule has 1 aromatic rings. The molecule has 0 N–H and O–H groups in total. The van der Waals surface area contributed by atoms with Crippen LogP contribution in [-0.4, -0.2) is 17.5 Å². The maximum atomic E-state index is 12.1. The fraction of sp³-hybridized carbons (Fsp3) is 0.357. The highest BCUT2D eigenvalue weighted by Gasteiger charge is 2.62. The van der Waals surface area contributed by atoms with Crippen molar-refractivity contribution < 1.29 is 12.3 Å². The van der Waals surface area contributed by atoms with E-state index in [1.807, 2.05) is 24.3 Å². The molecule has 2 fully saturated rings.